The van der Waals surface area contributed by atoms with Crippen molar-refractivity contribution in [1.82, 2.24) is 0 Å². The molecule has 2 heteroatoms. The van der Waals surface area contributed by atoms with E-state index in [1.54, 1.807) is 6.21 Å². The van der Waals surface area contributed by atoms with Gasteiger partial charge in [-0.1, -0.05) is 12.6 Å². The van der Waals surface area contributed by atoms with Gasteiger partial charge in [-0.2, -0.15) is 0 Å². The van der Waals surface area contributed by atoms with Crippen LogP contribution in [0.15, 0.2) is 5.16 Å². The molecule has 44 valence electrons. The normalized spacial score (nSPS) is 8.29. The smallest absolute Gasteiger partial charge is 0.114 e. The van der Waals surface area contributed by atoms with E-state index >= 15 is 0 Å². The van der Waals surface area contributed by atoms with Gasteiger partial charge in [-0.25, -0.2) is 0 Å². The molecule has 2 nitrogen and oxygen atoms in total. The molecule has 0 aromatic rings. The van der Waals surface area contributed by atoms with Crippen LogP contribution in [-0.4, -0.2) is 12.8 Å². The maximum Gasteiger partial charge on any atom is 0.114 e. The highest BCUT2D eigenvalue weighted by molar-refractivity contribution is 5.52. The van der Waals surface area contributed by atoms with Crippen molar-refractivity contribution in [3.8, 4) is 0 Å². The Balaban J connectivity index is 0. The third kappa shape index (κ3) is 10.8. The summed E-state index contributed by atoms with van der Waals surface area (Å²) >= 11 is 0. The summed E-state index contributed by atoms with van der Waals surface area (Å²) in [5, 5.41) is 3.47. The van der Waals surface area contributed by atoms with E-state index in [-0.39, 0.29) is 7.43 Å². The zero-order chi connectivity index (χ0) is 4.83. The molecule has 0 bridgehead atoms. The number of nitrogens with zero attached hydrogens (tertiary/aromatic N) is 1. The number of hydrogen-bond donors (Lipinski definition) is 0. The molecule has 0 atom stereocenters. The van der Waals surface area contributed by atoms with Crippen LogP contribution in [0, 0.1) is 0 Å². The van der Waals surface area contributed by atoms with Crippen molar-refractivity contribution in [2.24, 2.45) is 5.16 Å². The van der Waals surface area contributed by atoms with Gasteiger partial charge < -0.3 is 4.84 Å². The molecule has 0 amide bonds. The fourth-order valence-electron chi connectivity index (χ4n) is 0.149. The highest BCUT2D eigenvalue weighted by Gasteiger charge is 1.60. The van der Waals surface area contributed by atoms with E-state index in [0.717, 1.165) is 0 Å². The lowest BCUT2D eigenvalue weighted by Gasteiger charge is -1.84. The predicted molar refractivity (Wildman–Crippen MR) is 32.5 cm³/mol. The molecule has 0 fully saturated rings. The Morgan fingerprint density at radius 2 is 2.29 bits per heavy atom. The van der Waals surface area contributed by atoms with E-state index in [0.29, 0.717) is 6.61 Å². The summed E-state index contributed by atoms with van der Waals surface area (Å²) in [6.45, 7) is 4.37. The van der Waals surface area contributed by atoms with Crippen LogP contribution in [0.5, 0.6) is 0 Å². The third-order valence-corrected chi connectivity index (χ3v) is 0.309. The van der Waals surface area contributed by atoms with Crippen LogP contribution in [0.25, 0.3) is 0 Å². The predicted octanol–water partition coefficient (Wildman–Crippen LogP) is 1.66. The van der Waals surface area contributed by atoms with Gasteiger partial charge in [-0.15, -0.1) is 0 Å². The molecule has 0 aromatic carbocycles. The first-order valence-corrected chi connectivity index (χ1v) is 2.01. The summed E-state index contributed by atoms with van der Waals surface area (Å²) < 4.78 is 0. The molecule has 0 aliphatic rings. The molecule has 0 N–H and O–H groups in total. The van der Waals surface area contributed by atoms with Gasteiger partial charge in [-0.05, 0) is 13.8 Å². The topological polar surface area (TPSA) is 21.6 Å². The van der Waals surface area contributed by atoms with E-state index in [4.69, 9.17) is 0 Å². The Labute approximate surface area is 45.2 Å². The SMILES string of the molecule is C.C/C=N/OCC. The fourth-order valence-corrected chi connectivity index (χ4v) is 0.149. The average molecular weight is 103 g/mol. The minimum Gasteiger partial charge on any atom is -0.396 e. The zero-order valence-electron chi connectivity index (χ0n) is 4.14. The van der Waals surface area contributed by atoms with Crippen LogP contribution in [0.2, 0.25) is 0 Å². The minimum absolute atomic E-state index is 0. The second-order valence-electron chi connectivity index (χ2n) is 0.781. The Kier molecular flexibility index (Phi) is 12.6. The van der Waals surface area contributed by atoms with Crippen molar-refractivity contribution in [2.45, 2.75) is 21.3 Å². The third-order valence-electron chi connectivity index (χ3n) is 0.309. The van der Waals surface area contributed by atoms with Gasteiger partial charge in [0, 0.05) is 6.21 Å². The van der Waals surface area contributed by atoms with E-state index in [1.165, 1.54) is 0 Å². The highest BCUT2D eigenvalue weighted by Crippen LogP contribution is 1.67. The van der Waals surface area contributed by atoms with Gasteiger partial charge in [0.25, 0.3) is 0 Å². The molecular formula is C5H13NO. The van der Waals surface area contributed by atoms with Crippen LogP contribution in [0.4, 0.5) is 0 Å². The molecule has 0 radical (unpaired) electrons. The van der Waals surface area contributed by atoms with Gasteiger partial charge >= 0.3 is 0 Å². The molecule has 7 heavy (non-hydrogen) atoms. The first-order chi connectivity index (χ1) is 2.91. The lowest BCUT2D eigenvalue weighted by atomic mass is 10.9. The monoisotopic (exact) mass is 103 g/mol. The number of rotatable bonds is 2. The molecule has 0 aliphatic carbocycles. The molecular weight excluding hydrogens is 90.1 g/mol. The lowest BCUT2D eigenvalue weighted by Crippen LogP contribution is -1.75. The average Bonchev–Trinajstić information content (AvgIpc) is 1.61. The summed E-state index contributed by atoms with van der Waals surface area (Å²) in [7, 11) is 0. The van der Waals surface area contributed by atoms with Crippen molar-refractivity contribution >= 4 is 6.21 Å². The van der Waals surface area contributed by atoms with Crippen molar-refractivity contribution in [2.75, 3.05) is 6.61 Å². The van der Waals surface area contributed by atoms with Gasteiger partial charge in [-0.3, -0.25) is 0 Å². The van der Waals surface area contributed by atoms with Crippen LogP contribution in [-0.2, 0) is 4.84 Å². The minimum atomic E-state index is 0. The Bertz CT molecular complexity index is 43.3. The second kappa shape index (κ2) is 9.08. The van der Waals surface area contributed by atoms with Crippen LogP contribution in [0.1, 0.15) is 21.3 Å². The van der Waals surface area contributed by atoms with Gasteiger partial charge in [0.05, 0.1) is 0 Å². The van der Waals surface area contributed by atoms with E-state index < -0.39 is 0 Å². The first-order valence-electron chi connectivity index (χ1n) is 2.01. The maximum atomic E-state index is 4.55. The van der Waals surface area contributed by atoms with Gasteiger partial charge in [0.2, 0.25) is 0 Å². The highest BCUT2D eigenvalue weighted by atomic mass is 16.6. The second-order valence-corrected chi connectivity index (χ2v) is 0.781. The van der Waals surface area contributed by atoms with Crippen molar-refractivity contribution in [1.29, 1.82) is 0 Å². The Morgan fingerprint density at radius 1 is 1.71 bits per heavy atom. The zero-order valence-corrected chi connectivity index (χ0v) is 4.14. The summed E-state index contributed by atoms with van der Waals surface area (Å²) in [6.07, 6.45) is 1.61. The van der Waals surface area contributed by atoms with Crippen LogP contribution < -0.4 is 0 Å². The lowest BCUT2D eigenvalue weighted by molar-refractivity contribution is 0.160. The first kappa shape index (κ1) is 9.69. The largest absolute Gasteiger partial charge is 0.396 e. The number of oxime groups is 1. The van der Waals surface area contributed by atoms with E-state index in [2.05, 4.69) is 9.99 Å². The van der Waals surface area contributed by atoms with Crippen LogP contribution in [0.3, 0.4) is 0 Å². The van der Waals surface area contributed by atoms with E-state index in [9.17, 15) is 0 Å². The van der Waals surface area contributed by atoms with Crippen molar-refractivity contribution < 1.29 is 4.84 Å². The quantitative estimate of drug-likeness (QED) is 0.385. The standard InChI is InChI=1S/C4H9NO.CH4/c1-3-5-6-4-2;/h3H,4H2,1-2H3;1H4/b5-3+;. The fraction of sp³-hybridized carbons (Fsp3) is 0.800. The molecule has 0 saturated heterocycles. The molecule has 0 unspecified atom stereocenters. The molecule has 0 spiro atoms. The summed E-state index contributed by atoms with van der Waals surface area (Å²) in [4.78, 5) is 4.55. The maximum absolute atomic E-state index is 4.55. The molecule has 0 aliphatic heterocycles. The number of hydrogen-bond acceptors (Lipinski definition) is 2. The molecule has 0 rings (SSSR count). The molecule has 0 aromatic heterocycles. The van der Waals surface area contributed by atoms with Crippen molar-refractivity contribution in [3.63, 3.8) is 0 Å². The Hall–Kier alpha value is -0.530. The van der Waals surface area contributed by atoms with E-state index in [1.807, 2.05) is 13.8 Å². The molecule has 0 saturated carbocycles. The summed E-state index contributed by atoms with van der Waals surface area (Å²) in [5.74, 6) is 0. The molecule has 0 heterocycles. The Morgan fingerprint density at radius 3 is 2.43 bits per heavy atom. The van der Waals surface area contributed by atoms with Gasteiger partial charge in [0.1, 0.15) is 6.61 Å². The summed E-state index contributed by atoms with van der Waals surface area (Å²) in [6, 6.07) is 0. The van der Waals surface area contributed by atoms with Crippen LogP contribution >= 0.6 is 0 Å². The van der Waals surface area contributed by atoms with Crippen molar-refractivity contribution in [3.05, 3.63) is 0 Å². The van der Waals surface area contributed by atoms with Gasteiger partial charge in [0.15, 0.2) is 0 Å². The summed E-state index contributed by atoms with van der Waals surface area (Å²) in [5.41, 5.74) is 0.